The Hall–Kier alpha value is -0.670. The van der Waals surface area contributed by atoms with Gasteiger partial charge in [0, 0.05) is 10.7 Å². The first kappa shape index (κ1) is 13.3. The average Bonchev–Trinajstić information content (AvgIpc) is 2.83. The third-order valence-electron chi connectivity index (χ3n) is 4.06. The molecule has 1 aliphatic carbocycles. The van der Waals surface area contributed by atoms with Gasteiger partial charge in [0.2, 0.25) is 5.91 Å². The Labute approximate surface area is 123 Å². The van der Waals surface area contributed by atoms with Crippen LogP contribution in [0.25, 0.3) is 0 Å². The summed E-state index contributed by atoms with van der Waals surface area (Å²) in [4.78, 5) is 14.2. The molecule has 1 saturated carbocycles. The second kappa shape index (κ2) is 5.76. The summed E-state index contributed by atoms with van der Waals surface area (Å²) in [7, 11) is 0. The van der Waals surface area contributed by atoms with Crippen molar-refractivity contribution in [3.63, 3.8) is 0 Å². The van der Waals surface area contributed by atoms with Gasteiger partial charge in [0.15, 0.2) is 0 Å². The molecule has 1 unspecified atom stereocenters. The molecule has 1 amide bonds. The second-order valence-electron chi connectivity index (χ2n) is 5.34. The molecule has 4 heteroatoms. The van der Waals surface area contributed by atoms with E-state index in [1.54, 1.807) is 0 Å². The number of hydrogen-bond acceptors (Lipinski definition) is 2. The summed E-state index contributed by atoms with van der Waals surface area (Å²) in [6, 6.07) is 7.65. The Bertz CT molecular complexity index is 456. The van der Waals surface area contributed by atoms with Crippen LogP contribution in [0.2, 0.25) is 5.02 Å². The van der Waals surface area contributed by atoms with Crippen LogP contribution in [0.1, 0.15) is 32.1 Å². The monoisotopic (exact) mass is 295 g/mol. The van der Waals surface area contributed by atoms with Crippen LogP contribution in [0.3, 0.4) is 0 Å². The number of anilines is 1. The maximum Gasteiger partial charge on any atom is 0.238 e. The molecule has 0 N–H and O–H groups in total. The van der Waals surface area contributed by atoms with Crippen LogP contribution < -0.4 is 4.90 Å². The van der Waals surface area contributed by atoms with E-state index in [0.29, 0.717) is 17.0 Å². The minimum atomic E-state index is 0.239. The number of halogens is 1. The molecule has 2 aliphatic rings. The molecule has 0 spiro atoms. The van der Waals surface area contributed by atoms with E-state index in [-0.39, 0.29) is 5.91 Å². The predicted octanol–water partition coefficient (Wildman–Crippen LogP) is 4.33. The van der Waals surface area contributed by atoms with E-state index in [1.807, 2.05) is 40.9 Å². The van der Waals surface area contributed by atoms with Crippen LogP contribution >= 0.6 is 23.4 Å². The quantitative estimate of drug-likeness (QED) is 0.809. The molecule has 1 aliphatic heterocycles. The Morgan fingerprint density at radius 2 is 1.79 bits per heavy atom. The lowest BCUT2D eigenvalue weighted by atomic mass is 9.88. The van der Waals surface area contributed by atoms with Gasteiger partial charge in [-0.1, -0.05) is 30.9 Å². The van der Waals surface area contributed by atoms with Gasteiger partial charge in [-0.3, -0.25) is 9.69 Å². The van der Waals surface area contributed by atoms with E-state index in [2.05, 4.69) is 0 Å². The molecule has 1 atom stereocenters. The molecule has 2 nitrogen and oxygen atoms in total. The van der Waals surface area contributed by atoms with E-state index in [4.69, 9.17) is 11.6 Å². The van der Waals surface area contributed by atoms with Gasteiger partial charge in [-0.2, -0.15) is 0 Å². The van der Waals surface area contributed by atoms with Crippen molar-refractivity contribution in [2.75, 3.05) is 10.7 Å². The van der Waals surface area contributed by atoms with Crippen molar-refractivity contribution in [3.8, 4) is 0 Å². The second-order valence-corrected chi connectivity index (χ2v) is 6.88. The Balaban J connectivity index is 1.83. The third-order valence-corrected chi connectivity index (χ3v) is 5.66. The number of rotatable bonds is 2. The van der Waals surface area contributed by atoms with Gasteiger partial charge in [-0.05, 0) is 43.0 Å². The normalized spacial score (nSPS) is 25.0. The van der Waals surface area contributed by atoms with E-state index < -0.39 is 0 Å². The van der Waals surface area contributed by atoms with Crippen molar-refractivity contribution >= 4 is 35.0 Å². The van der Waals surface area contributed by atoms with Crippen LogP contribution in [0.15, 0.2) is 24.3 Å². The summed E-state index contributed by atoms with van der Waals surface area (Å²) < 4.78 is 0. The zero-order chi connectivity index (χ0) is 13.2. The van der Waals surface area contributed by atoms with Crippen LogP contribution in [-0.4, -0.2) is 17.0 Å². The molecule has 0 radical (unpaired) electrons. The van der Waals surface area contributed by atoms with Crippen LogP contribution in [0, 0.1) is 5.92 Å². The molecule has 1 saturated heterocycles. The average molecular weight is 296 g/mol. The zero-order valence-corrected chi connectivity index (χ0v) is 12.4. The van der Waals surface area contributed by atoms with Crippen LogP contribution in [0.4, 0.5) is 5.69 Å². The minimum Gasteiger partial charge on any atom is -0.299 e. The lowest BCUT2D eigenvalue weighted by Gasteiger charge is -2.33. The fourth-order valence-corrected chi connectivity index (χ4v) is 4.61. The summed E-state index contributed by atoms with van der Waals surface area (Å²) in [5.74, 6) is 1.51. The minimum absolute atomic E-state index is 0.239. The third kappa shape index (κ3) is 2.77. The molecule has 102 valence electrons. The molecule has 0 aromatic heterocycles. The largest absolute Gasteiger partial charge is 0.299 e. The van der Waals surface area contributed by atoms with E-state index in [9.17, 15) is 4.79 Å². The Morgan fingerprint density at radius 3 is 2.47 bits per heavy atom. The number of carbonyl (C=O) groups excluding carboxylic acids is 1. The van der Waals surface area contributed by atoms with Crippen molar-refractivity contribution in [2.45, 2.75) is 37.5 Å². The van der Waals surface area contributed by atoms with Crippen molar-refractivity contribution in [1.82, 2.24) is 0 Å². The lowest BCUT2D eigenvalue weighted by molar-refractivity contribution is -0.116. The molecule has 0 bridgehead atoms. The number of thioether (sulfide) groups is 1. The molecule has 1 aromatic rings. The number of amides is 1. The summed E-state index contributed by atoms with van der Waals surface area (Å²) in [5, 5.41) is 1.05. The number of benzene rings is 1. The fourth-order valence-electron chi connectivity index (χ4n) is 3.10. The fraction of sp³-hybridized carbons (Fsp3) is 0.533. The van der Waals surface area contributed by atoms with Gasteiger partial charge in [0.05, 0.1) is 11.1 Å². The van der Waals surface area contributed by atoms with Gasteiger partial charge < -0.3 is 0 Å². The maximum absolute atomic E-state index is 12.2. The van der Waals surface area contributed by atoms with Crippen molar-refractivity contribution < 1.29 is 4.79 Å². The molecule has 3 rings (SSSR count). The van der Waals surface area contributed by atoms with Crippen LogP contribution in [-0.2, 0) is 4.79 Å². The zero-order valence-electron chi connectivity index (χ0n) is 10.8. The van der Waals surface area contributed by atoms with Gasteiger partial charge in [-0.15, -0.1) is 11.8 Å². The predicted molar refractivity (Wildman–Crippen MR) is 81.8 cm³/mol. The highest BCUT2D eigenvalue weighted by molar-refractivity contribution is 8.01. The number of carbonyl (C=O) groups is 1. The lowest BCUT2D eigenvalue weighted by Crippen LogP contribution is -2.38. The van der Waals surface area contributed by atoms with Gasteiger partial charge in [-0.25, -0.2) is 0 Å². The molecular weight excluding hydrogens is 278 g/mol. The van der Waals surface area contributed by atoms with Crippen molar-refractivity contribution in [2.24, 2.45) is 5.92 Å². The molecule has 1 aromatic carbocycles. The standard InChI is InChI=1S/C15H18ClNOS/c16-12-6-8-13(9-7-12)17-14(18)10-19-15(17)11-4-2-1-3-5-11/h6-9,11,15H,1-5,10H2. The highest BCUT2D eigenvalue weighted by atomic mass is 35.5. The maximum atomic E-state index is 12.2. The molecular formula is C15H18ClNOS. The molecule has 1 heterocycles. The highest BCUT2D eigenvalue weighted by Crippen LogP contribution is 2.40. The highest BCUT2D eigenvalue weighted by Gasteiger charge is 2.38. The first-order valence-corrected chi connectivity index (χ1v) is 8.37. The summed E-state index contributed by atoms with van der Waals surface area (Å²) in [6.45, 7) is 0. The van der Waals surface area contributed by atoms with Gasteiger partial charge in [0.25, 0.3) is 0 Å². The van der Waals surface area contributed by atoms with Crippen molar-refractivity contribution in [3.05, 3.63) is 29.3 Å². The van der Waals surface area contributed by atoms with Gasteiger partial charge >= 0.3 is 0 Å². The molecule has 2 fully saturated rings. The van der Waals surface area contributed by atoms with Gasteiger partial charge in [0.1, 0.15) is 0 Å². The topological polar surface area (TPSA) is 20.3 Å². The van der Waals surface area contributed by atoms with Crippen LogP contribution in [0.5, 0.6) is 0 Å². The van der Waals surface area contributed by atoms with E-state index in [1.165, 1.54) is 32.1 Å². The number of nitrogens with zero attached hydrogens (tertiary/aromatic N) is 1. The SMILES string of the molecule is O=C1CSC(C2CCCCC2)N1c1ccc(Cl)cc1. The van der Waals surface area contributed by atoms with E-state index >= 15 is 0 Å². The summed E-state index contributed by atoms with van der Waals surface area (Å²) >= 11 is 7.74. The first-order chi connectivity index (χ1) is 9.25. The van der Waals surface area contributed by atoms with Crippen molar-refractivity contribution in [1.29, 1.82) is 0 Å². The Kier molecular flexibility index (Phi) is 4.04. The summed E-state index contributed by atoms with van der Waals surface area (Å²) in [5.41, 5.74) is 0.995. The van der Waals surface area contributed by atoms with E-state index in [0.717, 1.165) is 10.7 Å². The smallest absolute Gasteiger partial charge is 0.238 e. The molecule has 19 heavy (non-hydrogen) atoms. The first-order valence-electron chi connectivity index (χ1n) is 6.95. The summed E-state index contributed by atoms with van der Waals surface area (Å²) in [6.07, 6.45) is 6.49. The number of hydrogen-bond donors (Lipinski definition) is 0. The Morgan fingerprint density at radius 1 is 1.11 bits per heavy atom.